The Hall–Kier alpha value is -0.0400. The topological polar surface area (TPSA) is 3.24 Å². The first-order valence-corrected chi connectivity index (χ1v) is 5.89. The molecule has 13 heavy (non-hydrogen) atoms. The van der Waals surface area contributed by atoms with E-state index in [1.54, 1.807) is 0 Å². The highest BCUT2D eigenvalue weighted by atomic mass is 15.2. The normalized spacial score (nSPS) is 12.5. The van der Waals surface area contributed by atoms with Crippen LogP contribution in [0.2, 0.25) is 0 Å². The van der Waals surface area contributed by atoms with E-state index < -0.39 is 0 Å². The van der Waals surface area contributed by atoms with Crippen molar-refractivity contribution in [2.45, 2.75) is 65.8 Å². The van der Waals surface area contributed by atoms with Crippen LogP contribution in [0.25, 0.3) is 0 Å². The van der Waals surface area contributed by atoms with Crippen LogP contribution in [0.15, 0.2) is 0 Å². The molecule has 0 aliphatic rings. The quantitative estimate of drug-likeness (QED) is 0.585. The molecule has 0 atom stereocenters. The summed E-state index contributed by atoms with van der Waals surface area (Å²) in [4.78, 5) is 2.64. The Labute approximate surface area is 84.5 Å². The zero-order valence-electron chi connectivity index (χ0n) is 10.2. The van der Waals surface area contributed by atoms with E-state index in [2.05, 4.69) is 39.5 Å². The Bertz CT molecular complexity index is 116. The van der Waals surface area contributed by atoms with E-state index in [0.717, 1.165) is 0 Å². The van der Waals surface area contributed by atoms with Gasteiger partial charge in [0.05, 0.1) is 0 Å². The van der Waals surface area contributed by atoms with Gasteiger partial charge in [-0.3, -0.25) is 4.90 Å². The molecule has 0 heterocycles. The predicted molar refractivity (Wildman–Crippen MR) is 61.1 cm³/mol. The third-order valence-electron chi connectivity index (χ3n) is 3.45. The molecule has 0 aliphatic heterocycles. The smallest absolute Gasteiger partial charge is 0.0176 e. The van der Waals surface area contributed by atoms with Crippen molar-refractivity contribution in [3.63, 3.8) is 0 Å². The summed E-state index contributed by atoms with van der Waals surface area (Å²) in [5.74, 6) is 0. The maximum atomic E-state index is 2.64. The minimum absolute atomic E-state index is 0.434. The van der Waals surface area contributed by atoms with Crippen molar-refractivity contribution in [1.82, 2.24) is 4.90 Å². The third-order valence-corrected chi connectivity index (χ3v) is 3.45. The van der Waals surface area contributed by atoms with Crippen molar-refractivity contribution in [1.29, 1.82) is 0 Å². The number of unbranched alkanes of at least 4 members (excludes halogenated alkanes) is 1. The molecule has 0 saturated carbocycles. The SMILES string of the molecule is CCCCN(CC)C(C)(CC)CC. The maximum Gasteiger partial charge on any atom is 0.0176 e. The van der Waals surface area contributed by atoms with Gasteiger partial charge in [0.25, 0.3) is 0 Å². The van der Waals surface area contributed by atoms with E-state index in [9.17, 15) is 0 Å². The van der Waals surface area contributed by atoms with Gasteiger partial charge in [0.1, 0.15) is 0 Å². The number of rotatable bonds is 7. The van der Waals surface area contributed by atoms with Crippen LogP contribution in [0.1, 0.15) is 60.3 Å². The molecule has 0 rings (SSSR count). The Morgan fingerprint density at radius 2 is 1.54 bits per heavy atom. The highest BCUT2D eigenvalue weighted by Gasteiger charge is 2.25. The van der Waals surface area contributed by atoms with Gasteiger partial charge in [0.15, 0.2) is 0 Å². The molecular weight excluding hydrogens is 158 g/mol. The zero-order chi connectivity index (χ0) is 10.3. The molecule has 0 amide bonds. The molecule has 1 heteroatoms. The summed E-state index contributed by atoms with van der Waals surface area (Å²) in [6, 6.07) is 0. The van der Waals surface area contributed by atoms with Gasteiger partial charge in [-0.2, -0.15) is 0 Å². The van der Waals surface area contributed by atoms with E-state index in [1.807, 2.05) is 0 Å². The second-order valence-corrected chi connectivity index (χ2v) is 4.14. The van der Waals surface area contributed by atoms with Crippen LogP contribution in [0.5, 0.6) is 0 Å². The Morgan fingerprint density at radius 3 is 1.85 bits per heavy atom. The number of hydrogen-bond acceptors (Lipinski definition) is 1. The van der Waals surface area contributed by atoms with Gasteiger partial charge in [-0.15, -0.1) is 0 Å². The van der Waals surface area contributed by atoms with Gasteiger partial charge in [0, 0.05) is 5.54 Å². The molecule has 0 unspecified atom stereocenters. The summed E-state index contributed by atoms with van der Waals surface area (Å²) >= 11 is 0. The van der Waals surface area contributed by atoms with E-state index in [0.29, 0.717) is 5.54 Å². The third kappa shape index (κ3) is 3.68. The summed E-state index contributed by atoms with van der Waals surface area (Å²) in [7, 11) is 0. The Kier molecular flexibility index (Phi) is 6.40. The lowest BCUT2D eigenvalue weighted by atomic mass is 9.93. The largest absolute Gasteiger partial charge is 0.298 e. The molecule has 0 spiro atoms. The highest BCUT2D eigenvalue weighted by molar-refractivity contribution is 4.82. The van der Waals surface area contributed by atoms with Crippen molar-refractivity contribution >= 4 is 0 Å². The second-order valence-electron chi connectivity index (χ2n) is 4.14. The van der Waals surface area contributed by atoms with Crippen LogP contribution in [0.3, 0.4) is 0 Å². The molecule has 1 nitrogen and oxygen atoms in total. The molecule has 80 valence electrons. The summed E-state index contributed by atoms with van der Waals surface area (Å²) in [5.41, 5.74) is 0.434. The summed E-state index contributed by atoms with van der Waals surface area (Å²) < 4.78 is 0. The fraction of sp³-hybridized carbons (Fsp3) is 1.00. The molecule has 0 aliphatic carbocycles. The van der Waals surface area contributed by atoms with E-state index in [1.165, 1.54) is 38.8 Å². The van der Waals surface area contributed by atoms with Gasteiger partial charge in [-0.05, 0) is 39.3 Å². The lowest BCUT2D eigenvalue weighted by Gasteiger charge is -2.40. The van der Waals surface area contributed by atoms with Crippen molar-refractivity contribution < 1.29 is 0 Å². The van der Waals surface area contributed by atoms with Crippen molar-refractivity contribution in [3.05, 3.63) is 0 Å². The average Bonchev–Trinajstić information content (AvgIpc) is 2.18. The van der Waals surface area contributed by atoms with Crippen molar-refractivity contribution in [3.8, 4) is 0 Å². The van der Waals surface area contributed by atoms with Gasteiger partial charge in [-0.25, -0.2) is 0 Å². The van der Waals surface area contributed by atoms with Gasteiger partial charge >= 0.3 is 0 Å². The highest BCUT2D eigenvalue weighted by Crippen LogP contribution is 2.23. The lowest BCUT2D eigenvalue weighted by molar-refractivity contribution is 0.0992. The summed E-state index contributed by atoms with van der Waals surface area (Å²) in [5, 5.41) is 0. The summed E-state index contributed by atoms with van der Waals surface area (Å²) in [6.45, 7) is 14.0. The number of nitrogens with zero attached hydrogens (tertiary/aromatic N) is 1. The fourth-order valence-electron chi connectivity index (χ4n) is 1.86. The molecule has 0 saturated heterocycles. The molecule has 0 aromatic carbocycles. The monoisotopic (exact) mass is 185 g/mol. The number of hydrogen-bond donors (Lipinski definition) is 0. The fourth-order valence-corrected chi connectivity index (χ4v) is 1.86. The molecule has 0 N–H and O–H groups in total. The van der Waals surface area contributed by atoms with Crippen LogP contribution >= 0.6 is 0 Å². The van der Waals surface area contributed by atoms with Crippen LogP contribution in [-0.4, -0.2) is 23.5 Å². The van der Waals surface area contributed by atoms with Crippen LogP contribution in [0, 0.1) is 0 Å². The molecule has 0 bridgehead atoms. The molecule has 0 aromatic heterocycles. The predicted octanol–water partition coefficient (Wildman–Crippen LogP) is 3.69. The van der Waals surface area contributed by atoms with Crippen LogP contribution in [0.4, 0.5) is 0 Å². The van der Waals surface area contributed by atoms with Crippen LogP contribution < -0.4 is 0 Å². The first-order chi connectivity index (χ1) is 6.14. The maximum absolute atomic E-state index is 2.64. The first-order valence-electron chi connectivity index (χ1n) is 5.89. The Balaban J connectivity index is 4.16. The average molecular weight is 185 g/mol. The zero-order valence-corrected chi connectivity index (χ0v) is 10.2. The van der Waals surface area contributed by atoms with Gasteiger partial charge < -0.3 is 0 Å². The molecule has 0 fully saturated rings. The molecule has 0 aromatic rings. The lowest BCUT2D eigenvalue weighted by Crippen LogP contribution is -2.45. The summed E-state index contributed by atoms with van der Waals surface area (Å²) in [6.07, 6.45) is 5.17. The van der Waals surface area contributed by atoms with Crippen LogP contribution in [-0.2, 0) is 0 Å². The van der Waals surface area contributed by atoms with Crippen molar-refractivity contribution in [2.24, 2.45) is 0 Å². The minimum Gasteiger partial charge on any atom is -0.298 e. The van der Waals surface area contributed by atoms with Gasteiger partial charge in [-0.1, -0.05) is 34.1 Å². The van der Waals surface area contributed by atoms with E-state index in [4.69, 9.17) is 0 Å². The molecule has 0 radical (unpaired) electrons. The minimum atomic E-state index is 0.434. The van der Waals surface area contributed by atoms with Crippen molar-refractivity contribution in [2.75, 3.05) is 13.1 Å². The van der Waals surface area contributed by atoms with E-state index >= 15 is 0 Å². The van der Waals surface area contributed by atoms with Gasteiger partial charge in [0.2, 0.25) is 0 Å². The Morgan fingerprint density at radius 1 is 1.00 bits per heavy atom. The van der Waals surface area contributed by atoms with E-state index in [-0.39, 0.29) is 0 Å². The second kappa shape index (κ2) is 6.42. The molecular formula is C12H27N. The standard InChI is InChI=1S/C12H27N/c1-6-10-11-13(9-4)12(5,7-2)8-3/h6-11H2,1-5H3. The first kappa shape index (κ1) is 13.0.